The molecular weight excluding hydrogens is 162 g/mol. The van der Waals surface area contributed by atoms with Crippen LogP contribution in [-0.2, 0) is 0 Å². The number of nitrogens with two attached hydrogens (primary N) is 1. The van der Waals surface area contributed by atoms with Crippen molar-refractivity contribution in [3.05, 3.63) is 10.3 Å². The Hall–Kier alpha value is -0.680. The number of halogens is 1. The molecule has 0 aliphatic rings. The van der Waals surface area contributed by atoms with Gasteiger partial charge in [-0.3, -0.25) is 4.79 Å². The second-order valence-electron chi connectivity index (χ2n) is 1.23. The number of primary amides is 1. The van der Waals surface area contributed by atoms with Gasteiger partial charge in [-0.2, -0.15) is 9.36 Å². The molecule has 0 aromatic carbocycles. The third-order valence-corrected chi connectivity index (χ3v) is 1.61. The molecule has 0 saturated carbocycles. The summed E-state index contributed by atoms with van der Waals surface area (Å²) in [5.41, 5.74) is 4.84. The van der Waals surface area contributed by atoms with Crippen molar-refractivity contribution in [3.63, 3.8) is 0 Å². The van der Waals surface area contributed by atoms with Crippen molar-refractivity contribution in [2.75, 3.05) is 0 Å². The van der Waals surface area contributed by atoms with E-state index >= 15 is 0 Å². The summed E-state index contributed by atoms with van der Waals surface area (Å²) < 4.78 is 3.53. The van der Waals surface area contributed by atoms with Gasteiger partial charge in [-0.1, -0.05) is 0 Å². The van der Waals surface area contributed by atoms with Gasteiger partial charge in [-0.25, -0.2) is 0 Å². The summed E-state index contributed by atoms with van der Waals surface area (Å²) in [7, 11) is 0. The second-order valence-corrected chi connectivity index (χ2v) is 2.32. The van der Waals surface area contributed by atoms with Gasteiger partial charge in [0, 0.05) is 0 Å². The van der Waals surface area contributed by atoms with Crippen LogP contribution in [0.3, 0.4) is 0 Å². The lowest BCUT2D eigenvalue weighted by atomic mass is 10.7. The summed E-state index contributed by atoms with van der Waals surface area (Å²) in [6.45, 7) is 0. The number of nitrogens with zero attached hydrogens (tertiary/aromatic N) is 2. The van der Waals surface area contributed by atoms with Crippen molar-refractivity contribution in [2.45, 2.75) is 0 Å². The Labute approximate surface area is 59.8 Å². The Kier molecular flexibility index (Phi) is 1.63. The van der Waals surface area contributed by atoms with E-state index in [0.717, 1.165) is 11.5 Å². The molecule has 0 spiro atoms. The van der Waals surface area contributed by atoms with Gasteiger partial charge in [-0.05, 0) is 23.1 Å². The van der Waals surface area contributed by atoms with Crippen LogP contribution in [0.5, 0.6) is 0 Å². The molecular formula is C3H2ClN3OS. The molecule has 6 heteroatoms. The lowest BCUT2D eigenvalue weighted by molar-refractivity contribution is 0.1000. The molecule has 0 unspecified atom stereocenters. The lowest BCUT2D eigenvalue weighted by Crippen LogP contribution is -2.09. The van der Waals surface area contributed by atoms with Gasteiger partial charge in [-0.15, -0.1) is 0 Å². The zero-order valence-electron chi connectivity index (χ0n) is 4.17. The van der Waals surface area contributed by atoms with Crippen molar-refractivity contribution in [2.24, 2.45) is 5.73 Å². The quantitative estimate of drug-likeness (QED) is 0.647. The molecule has 2 N–H and O–H groups in total. The van der Waals surface area contributed by atoms with Gasteiger partial charge in [0.15, 0.2) is 0 Å². The molecule has 0 radical (unpaired) electrons. The third kappa shape index (κ3) is 1.36. The highest BCUT2D eigenvalue weighted by Gasteiger charge is 2.05. The maximum atomic E-state index is 10.3. The average molecular weight is 164 g/mol. The summed E-state index contributed by atoms with van der Waals surface area (Å²) in [6, 6.07) is 0. The van der Waals surface area contributed by atoms with Gasteiger partial charge in [0.2, 0.25) is 10.3 Å². The highest BCUT2D eigenvalue weighted by molar-refractivity contribution is 7.07. The van der Waals surface area contributed by atoms with E-state index in [0.29, 0.717) is 0 Å². The van der Waals surface area contributed by atoms with Crippen LogP contribution in [0.15, 0.2) is 0 Å². The number of hydrogen-bond acceptors (Lipinski definition) is 4. The van der Waals surface area contributed by atoms with E-state index in [1.54, 1.807) is 0 Å². The van der Waals surface area contributed by atoms with Crippen molar-refractivity contribution < 1.29 is 4.79 Å². The fourth-order valence-electron chi connectivity index (χ4n) is 0.306. The van der Waals surface area contributed by atoms with E-state index in [1.165, 1.54) is 0 Å². The molecule has 1 heterocycles. The van der Waals surface area contributed by atoms with E-state index in [-0.39, 0.29) is 10.3 Å². The normalized spacial score (nSPS) is 9.44. The fraction of sp³-hybridized carbons (Fsp3) is 0. The Morgan fingerprint density at radius 1 is 1.78 bits per heavy atom. The first-order chi connectivity index (χ1) is 4.20. The zero-order chi connectivity index (χ0) is 6.85. The highest BCUT2D eigenvalue weighted by Crippen LogP contribution is 2.06. The van der Waals surface area contributed by atoms with Crippen molar-refractivity contribution in [1.29, 1.82) is 0 Å². The number of carbonyl (C=O) groups is 1. The molecule has 1 aromatic rings. The molecule has 48 valence electrons. The minimum atomic E-state index is -0.598. The average Bonchev–Trinajstić information content (AvgIpc) is 2.14. The summed E-state index contributed by atoms with van der Waals surface area (Å²) in [5.74, 6) is -0.598. The van der Waals surface area contributed by atoms with Crippen LogP contribution in [0.4, 0.5) is 0 Å². The SMILES string of the molecule is NC(=O)c1nc(Cl)ns1. The maximum absolute atomic E-state index is 10.3. The molecule has 4 nitrogen and oxygen atoms in total. The van der Waals surface area contributed by atoms with E-state index in [9.17, 15) is 4.79 Å². The van der Waals surface area contributed by atoms with E-state index < -0.39 is 5.91 Å². The Morgan fingerprint density at radius 2 is 2.44 bits per heavy atom. The number of aromatic nitrogens is 2. The van der Waals surface area contributed by atoms with Crippen LogP contribution in [0.1, 0.15) is 9.80 Å². The Bertz CT molecular complexity index is 235. The van der Waals surface area contributed by atoms with Crippen LogP contribution >= 0.6 is 23.1 Å². The van der Waals surface area contributed by atoms with E-state index in [4.69, 9.17) is 17.3 Å². The second kappa shape index (κ2) is 2.28. The molecule has 0 bridgehead atoms. The van der Waals surface area contributed by atoms with Gasteiger partial charge < -0.3 is 5.73 Å². The summed E-state index contributed by atoms with van der Waals surface area (Å²) in [6.07, 6.45) is 0. The summed E-state index contributed by atoms with van der Waals surface area (Å²) >= 11 is 6.17. The van der Waals surface area contributed by atoms with E-state index in [1.807, 2.05) is 0 Å². The minimum absolute atomic E-state index is 0.0637. The molecule has 9 heavy (non-hydrogen) atoms. The Balaban J connectivity index is 2.98. The molecule has 0 saturated heterocycles. The molecule has 1 rings (SSSR count). The standard InChI is InChI=1S/C3H2ClN3OS/c4-3-6-2(1(5)8)9-7-3/h(H2,5,8). The predicted octanol–water partition coefficient (Wildman–Crippen LogP) is 0.290. The minimum Gasteiger partial charge on any atom is -0.363 e. The lowest BCUT2D eigenvalue weighted by Gasteiger charge is -1.77. The zero-order valence-corrected chi connectivity index (χ0v) is 5.74. The molecule has 0 aliphatic carbocycles. The summed E-state index contributed by atoms with van der Waals surface area (Å²) in [5, 5.41) is 0.203. The molecule has 0 aliphatic heterocycles. The van der Waals surface area contributed by atoms with E-state index in [2.05, 4.69) is 9.36 Å². The Morgan fingerprint density at radius 3 is 2.67 bits per heavy atom. The first kappa shape index (κ1) is 6.44. The van der Waals surface area contributed by atoms with Gasteiger partial charge in [0.1, 0.15) is 0 Å². The van der Waals surface area contributed by atoms with Crippen LogP contribution in [0.25, 0.3) is 0 Å². The third-order valence-electron chi connectivity index (χ3n) is 0.612. The van der Waals surface area contributed by atoms with Gasteiger partial charge in [0.05, 0.1) is 0 Å². The molecule has 1 amide bonds. The predicted molar refractivity (Wildman–Crippen MR) is 33.4 cm³/mol. The molecule has 0 fully saturated rings. The van der Waals surface area contributed by atoms with Crippen LogP contribution in [0.2, 0.25) is 5.28 Å². The fourth-order valence-corrected chi connectivity index (χ4v) is 0.964. The smallest absolute Gasteiger partial charge is 0.279 e. The van der Waals surface area contributed by atoms with Crippen LogP contribution < -0.4 is 5.73 Å². The number of rotatable bonds is 1. The number of hydrogen-bond donors (Lipinski definition) is 1. The number of amides is 1. The topological polar surface area (TPSA) is 68.9 Å². The van der Waals surface area contributed by atoms with Crippen molar-refractivity contribution >= 4 is 29.0 Å². The largest absolute Gasteiger partial charge is 0.363 e. The summed E-state index contributed by atoms with van der Waals surface area (Å²) in [4.78, 5) is 13.8. The van der Waals surface area contributed by atoms with Crippen molar-refractivity contribution in [1.82, 2.24) is 9.36 Å². The maximum Gasteiger partial charge on any atom is 0.279 e. The first-order valence-corrected chi connectivity index (χ1v) is 3.14. The molecule has 1 aromatic heterocycles. The highest BCUT2D eigenvalue weighted by atomic mass is 35.5. The van der Waals surface area contributed by atoms with Crippen molar-refractivity contribution in [3.8, 4) is 0 Å². The number of carbonyl (C=O) groups excluding carboxylic acids is 1. The van der Waals surface area contributed by atoms with Gasteiger partial charge >= 0.3 is 0 Å². The van der Waals surface area contributed by atoms with Gasteiger partial charge in [0.25, 0.3) is 5.91 Å². The van der Waals surface area contributed by atoms with Crippen LogP contribution in [0, 0.1) is 0 Å². The molecule has 0 atom stereocenters. The van der Waals surface area contributed by atoms with Crippen LogP contribution in [-0.4, -0.2) is 15.3 Å². The first-order valence-electron chi connectivity index (χ1n) is 1.99. The monoisotopic (exact) mass is 163 g/mol.